The van der Waals surface area contributed by atoms with Gasteiger partial charge in [-0.25, -0.2) is 9.59 Å². The first-order valence-electron chi connectivity index (χ1n) is 5.49. The Kier molecular flexibility index (Phi) is 5.35. The number of urea groups is 1. The molecule has 1 aliphatic heterocycles. The number of amides is 2. The van der Waals surface area contributed by atoms with Crippen LogP contribution in [0.15, 0.2) is 0 Å². The smallest absolute Gasteiger partial charge is 0.332 e. The zero-order valence-corrected chi connectivity index (χ0v) is 9.70. The molecule has 0 saturated carbocycles. The van der Waals surface area contributed by atoms with Crippen molar-refractivity contribution in [3.63, 3.8) is 0 Å². The van der Waals surface area contributed by atoms with Crippen molar-refractivity contribution in [3.8, 4) is 6.07 Å². The van der Waals surface area contributed by atoms with Crippen molar-refractivity contribution in [2.24, 2.45) is 0 Å². The van der Waals surface area contributed by atoms with Gasteiger partial charge in [-0.2, -0.15) is 5.26 Å². The number of hydrogen-bond donors (Lipinski definition) is 3. The Hall–Kier alpha value is -1.85. The number of carboxylic acid groups (broad SMARTS) is 1. The van der Waals surface area contributed by atoms with Gasteiger partial charge in [-0.15, -0.1) is 0 Å². The van der Waals surface area contributed by atoms with E-state index in [2.05, 4.69) is 5.32 Å². The Balaban J connectivity index is 2.28. The number of hydrogen-bond acceptors (Lipinski definition) is 5. The van der Waals surface area contributed by atoms with E-state index in [4.69, 9.17) is 20.2 Å². The molecule has 1 fully saturated rings. The first-order valence-corrected chi connectivity index (χ1v) is 5.49. The second kappa shape index (κ2) is 6.78. The molecule has 2 amide bonds. The Labute approximate surface area is 104 Å². The van der Waals surface area contributed by atoms with Crippen LogP contribution >= 0.6 is 0 Å². The molecule has 3 N–H and O–H groups in total. The van der Waals surface area contributed by atoms with Gasteiger partial charge >= 0.3 is 12.0 Å². The molecule has 8 nitrogen and oxygen atoms in total. The molecular formula is C10H15N3O5. The first kappa shape index (κ1) is 14.2. The predicted molar refractivity (Wildman–Crippen MR) is 58.6 cm³/mol. The average Bonchev–Trinajstić information content (AvgIpc) is 2.38. The van der Waals surface area contributed by atoms with Gasteiger partial charge in [-0.1, -0.05) is 0 Å². The van der Waals surface area contributed by atoms with Gasteiger partial charge in [0, 0.05) is 19.5 Å². The quantitative estimate of drug-likeness (QED) is 0.578. The number of ether oxygens (including phenoxy) is 1. The molecule has 1 rings (SSSR count). The van der Waals surface area contributed by atoms with Crippen LogP contribution in [0, 0.1) is 11.3 Å². The number of rotatable bonds is 4. The summed E-state index contributed by atoms with van der Waals surface area (Å²) in [6.45, 7) is 0.916. The van der Waals surface area contributed by atoms with E-state index in [0.29, 0.717) is 13.2 Å². The third-order valence-electron chi connectivity index (χ3n) is 2.48. The van der Waals surface area contributed by atoms with Gasteiger partial charge < -0.3 is 25.2 Å². The number of aliphatic hydroxyl groups excluding tert-OH is 1. The molecule has 0 bridgehead atoms. The highest BCUT2D eigenvalue weighted by atomic mass is 16.5. The lowest BCUT2D eigenvalue weighted by molar-refractivity contribution is -0.146. The zero-order valence-electron chi connectivity index (χ0n) is 9.70. The molecule has 0 spiro atoms. The Bertz CT molecular complexity index is 354. The highest BCUT2D eigenvalue weighted by Crippen LogP contribution is 2.04. The van der Waals surface area contributed by atoms with Gasteiger partial charge in [0.25, 0.3) is 0 Å². The molecule has 8 heteroatoms. The molecule has 18 heavy (non-hydrogen) atoms. The van der Waals surface area contributed by atoms with Crippen LogP contribution in [0.4, 0.5) is 4.79 Å². The monoisotopic (exact) mass is 257 g/mol. The first-order chi connectivity index (χ1) is 8.54. The van der Waals surface area contributed by atoms with E-state index in [1.165, 1.54) is 4.90 Å². The molecule has 0 aromatic rings. The molecule has 2 atom stereocenters. The van der Waals surface area contributed by atoms with E-state index in [0.717, 1.165) is 0 Å². The van der Waals surface area contributed by atoms with Crippen LogP contribution in [-0.2, 0) is 9.53 Å². The zero-order chi connectivity index (χ0) is 13.5. The molecule has 100 valence electrons. The summed E-state index contributed by atoms with van der Waals surface area (Å²) >= 11 is 0. The summed E-state index contributed by atoms with van der Waals surface area (Å²) in [6, 6.07) is 1.52. The Morgan fingerprint density at radius 2 is 2.33 bits per heavy atom. The SMILES string of the molecule is N#CC1CN(C(=O)NCC[C@H](O)C(=O)O)CCO1. The minimum Gasteiger partial charge on any atom is -0.479 e. The van der Waals surface area contributed by atoms with Crippen molar-refractivity contribution < 1.29 is 24.5 Å². The number of carboxylic acids is 1. The topological polar surface area (TPSA) is 123 Å². The van der Waals surface area contributed by atoms with Crippen LogP contribution in [0.5, 0.6) is 0 Å². The minimum atomic E-state index is -1.48. The predicted octanol–water partition coefficient (Wildman–Crippen LogP) is -1.24. The van der Waals surface area contributed by atoms with Crippen LogP contribution in [0.1, 0.15) is 6.42 Å². The van der Waals surface area contributed by atoms with E-state index in [9.17, 15) is 9.59 Å². The van der Waals surface area contributed by atoms with Gasteiger partial charge in [-0.3, -0.25) is 0 Å². The van der Waals surface area contributed by atoms with Crippen LogP contribution in [0.25, 0.3) is 0 Å². The average molecular weight is 257 g/mol. The number of nitrogens with one attached hydrogen (secondary N) is 1. The number of carbonyl (C=O) groups excluding carboxylic acids is 1. The maximum Gasteiger partial charge on any atom is 0.332 e. The van der Waals surface area contributed by atoms with Crippen molar-refractivity contribution >= 4 is 12.0 Å². The lowest BCUT2D eigenvalue weighted by Gasteiger charge is -2.29. The summed E-state index contributed by atoms with van der Waals surface area (Å²) in [7, 11) is 0. The van der Waals surface area contributed by atoms with Crippen molar-refractivity contribution in [1.29, 1.82) is 5.26 Å². The standard InChI is InChI=1S/C10H15N3O5/c11-5-7-6-13(3-4-18-7)10(17)12-2-1-8(14)9(15)16/h7-8,14H,1-4,6H2,(H,12,17)(H,15,16)/t7?,8-/m0/s1. The maximum atomic E-state index is 11.6. The summed E-state index contributed by atoms with van der Waals surface area (Å²) in [5.74, 6) is -1.32. The third-order valence-corrected chi connectivity index (χ3v) is 2.48. The second-order valence-electron chi connectivity index (χ2n) is 3.81. The lowest BCUT2D eigenvalue weighted by Crippen LogP contribution is -2.49. The van der Waals surface area contributed by atoms with E-state index >= 15 is 0 Å². The molecule has 1 aliphatic rings. The van der Waals surface area contributed by atoms with E-state index in [-0.39, 0.29) is 19.5 Å². The maximum absolute atomic E-state index is 11.6. The second-order valence-corrected chi connectivity index (χ2v) is 3.81. The van der Waals surface area contributed by atoms with Crippen LogP contribution < -0.4 is 5.32 Å². The largest absolute Gasteiger partial charge is 0.479 e. The van der Waals surface area contributed by atoms with Crippen molar-refractivity contribution in [3.05, 3.63) is 0 Å². The molecule has 1 saturated heterocycles. The van der Waals surface area contributed by atoms with E-state index in [1.807, 2.05) is 6.07 Å². The van der Waals surface area contributed by atoms with Gasteiger partial charge in [0.15, 0.2) is 12.2 Å². The number of aliphatic hydroxyl groups is 1. The number of aliphatic carboxylic acids is 1. The number of nitrogens with zero attached hydrogens (tertiary/aromatic N) is 2. The Morgan fingerprint density at radius 3 is 2.94 bits per heavy atom. The summed E-state index contributed by atoms with van der Waals surface area (Å²) in [5.41, 5.74) is 0. The third kappa shape index (κ3) is 4.20. The number of carbonyl (C=O) groups is 2. The molecule has 0 aromatic heterocycles. The van der Waals surface area contributed by atoms with Gasteiger partial charge in [0.05, 0.1) is 19.2 Å². The van der Waals surface area contributed by atoms with Crippen molar-refractivity contribution in [1.82, 2.24) is 10.2 Å². The van der Waals surface area contributed by atoms with E-state index < -0.39 is 24.2 Å². The number of nitriles is 1. The summed E-state index contributed by atoms with van der Waals surface area (Å²) in [4.78, 5) is 23.4. The van der Waals surface area contributed by atoms with E-state index in [1.54, 1.807) is 0 Å². The molecule has 1 unspecified atom stereocenters. The van der Waals surface area contributed by atoms with Crippen molar-refractivity contribution in [2.75, 3.05) is 26.2 Å². The summed E-state index contributed by atoms with van der Waals surface area (Å²) in [6.07, 6.45) is -2.18. The molecule has 0 radical (unpaired) electrons. The summed E-state index contributed by atoms with van der Waals surface area (Å²) < 4.78 is 5.08. The fourth-order valence-corrected chi connectivity index (χ4v) is 1.46. The molecule has 0 aromatic carbocycles. The lowest BCUT2D eigenvalue weighted by atomic mass is 10.2. The Morgan fingerprint density at radius 1 is 1.61 bits per heavy atom. The van der Waals surface area contributed by atoms with Crippen LogP contribution in [0.2, 0.25) is 0 Å². The highest BCUT2D eigenvalue weighted by Gasteiger charge is 2.23. The van der Waals surface area contributed by atoms with Gasteiger partial charge in [0.1, 0.15) is 0 Å². The molecule has 1 heterocycles. The summed E-state index contributed by atoms with van der Waals surface area (Å²) in [5, 5.41) is 28.6. The normalized spacial score (nSPS) is 20.9. The fourth-order valence-electron chi connectivity index (χ4n) is 1.46. The number of morpholine rings is 1. The van der Waals surface area contributed by atoms with Crippen molar-refractivity contribution in [2.45, 2.75) is 18.6 Å². The highest BCUT2D eigenvalue weighted by molar-refractivity contribution is 5.75. The van der Waals surface area contributed by atoms with Crippen LogP contribution in [0.3, 0.4) is 0 Å². The molecular weight excluding hydrogens is 242 g/mol. The fraction of sp³-hybridized carbons (Fsp3) is 0.700. The molecule has 0 aliphatic carbocycles. The van der Waals surface area contributed by atoms with Crippen LogP contribution in [-0.4, -0.2) is 65.6 Å². The minimum absolute atomic E-state index is 0.0564. The van der Waals surface area contributed by atoms with Gasteiger partial charge in [-0.05, 0) is 0 Å². The van der Waals surface area contributed by atoms with Gasteiger partial charge in [0.2, 0.25) is 0 Å².